The summed E-state index contributed by atoms with van der Waals surface area (Å²) >= 11 is 0. The molecule has 7 heteroatoms. The van der Waals surface area contributed by atoms with Gasteiger partial charge < -0.3 is 16.2 Å². The number of nitrogens with zero attached hydrogens (tertiary/aromatic N) is 2. The Kier molecular flexibility index (Phi) is 5.05. The fourth-order valence-corrected chi connectivity index (χ4v) is 2.82. The second-order valence-electron chi connectivity index (χ2n) is 6.07. The third kappa shape index (κ3) is 3.66. The first kappa shape index (κ1) is 18.6. The molecule has 0 atom stereocenters. The number of aromatic nitrogens is 1. The van der Waals surface area contributed by atoms with E-state index in [1.54, 1.807) is 30.3 Å². The van der Waals surface area contributed by atoms with Crippen LogP contribution < -0.4 is 11.1 Å². The largest absolute Gasteiger partial charge is 0.477 e. The average Bonchev–Trinajstić information content (AvgIpc) is 2.71. The molecule has 3 rings (SSSR count). The molecule has 3 aromatic rings. The summed E-state index contributed by atoms with van der Waals surface area (Å²) in [6, 6.07) is 15.5. The van der Waals surface area contributed by atoms with E-state index in [-0.39, 0.29) is 17.8 Å². The van der Waals surface area contributed by atoms with Crippen LogP contribution in [0, 0.1) is 11.3 Å². The number of carbonyl (C=O) groups excluding carboxylic acids is 1. The molecule has 0 bridgehead atoms. The molecular formula is C21H16N4O3. The lowest BCUT2D eigenvalue weighted by atomic mass is 9.99. The minimum Gasteiger partial charge on any atom is -0.477 e. The fourth-order valence-electron chi connectivity index (χ4n) is 2.82. The van der Waals surface area contributed by atoms with Gasteiger partial charge in [0.15, 0.2) is 0 Å². The number of aromatic carboxylic acids is 1. The summed E-state index contributed by atoms with van der Waals surface area (Å²) in [4.78, 5) is 27.2. The molecule has 0 aliphatic heterocycles. The van der Waals surface area contributed by atoms with E-state index in [1.165, 1.54) is 6.07 Å². The first-order chi connectivity index (χ1) is 13.4. The molecule has 0 radical (unpaired) electrons. The highest BCUT2D eigenvalue weighted by Crippen LogP contribution is 2.31. The van der Waals surface area contributed by atoms with Gasteiger partial charge in [-0.05, 0) is 29.7 Å². The fraction of sp³-hybridized carbons (Fsp3) is 0.0476. The van der Waals surface area contributed by atoms with Crippen LogP contribution in [0.25, 0.3) is 22.0 Å². The van der Waals surface area contributed by atoms with Crippen LogP contribution in [0.1, 0.15) is 20.8 Å². The Labute approximate surface area is 160 Å². The van der Waals surface area contributed by atoms with Crippen LogP contribution in [0.4, 0.5) is 5.69 Å². The average molecular weight is 372 g/mol. The third-order valence-electron chi connectivity index (χ3n) is 4.19. The zero-order valence-electron chi connectivity index (χ0n) is 14.8. The van der Waals surface area contributed by atoms with E-state index in [0.29, 0.717) is 27.9 Å². The Morgan fingerprint density at radius 2 is 1.96 bits per heavy atom. The number of benzene rings is 2. The monoisotopic (exact) mass is 372 g/mol. The number of carboxylic acid groups (broad SMARTS) is 1. The van der Waals surface area contributed by atoms with Crippen molar-refractivity contribution < 1.29 is 14.7 Å². The maximum Gasteiger partial charge on any atom is 0.354 e. The minimum absolute atomic E-state index is 0.0628. The van der Waals surface area contributed by atoms with Gasteiger partial charge in [-0.1, -0.05) is 30.8 Å². The van der Waals surface area contributed by atoms with E-state index in [9.17, 15) is 9.59 Å². The van der Waals surface area contributed by atoms with Gasteiger partial charge in [-0.3, -0.25) is 4.79 Å². The van der Waals surface area contributed by atoms with Gasteiger partial charge >= 0.3 is 5.97 Å². The van der Waals surface area contributed by atoms with E-state index < -0.39 is 11.9 Å². The van der Waals surface area contributed by atoms with Crippen molar-refractivity contribution in [2.75, 3.05) is 11.9 Å². The van der Waals surface area contributed by atoms with Gasteiger partial charge in [0.25, 0.3) is 5.91 Å². The summed E-state index contributed by atoms with van der Waals surface area (Å²) in [5, 5.41) is 22.7. The van der Waals surface area contributed by atoms with Gasteiger partial charge in [0.2, 0.25) is 0 Å². The quantitative estimate of drug-likeness (QED) is 0.570. The number of hydrogen-bond donors (Lipinski definition) is 3. The number of anilines is 1. The molecule has 0 saturated heterocycles. The predicted molar refractivity (Wildman–Crippen MR) is 106 cm³/mol. The zero-order valence-corrected chi connectivity index (χ0v) is 14.8. The lowest BCUT2D eigenvalue weighted by Gasteiger charge is -2.14. The lowest BCUT2D eigenvalue weighted by molar-refractivity contribution is 0.0690. The standard InChI is InChI=1S/C21H16N4O3/c1-12(10-22)11-24-19-15(20(23)26)8-7-13-5-6-14(9-16(13)19)17-3-2-4-18(25-17)21(27)28/h2-9,24H,1,11H2,(H2,23,26)(H,27,28). The van der Waals surface area contributed by atoms with Crippen LogP contribution in [0.5, 0.6) is 0 Å². The van der Waals surface area contributed by atoms with Crippen molar-refractivity contribution in [2.45, 2.75) is 0 Å². The molecule has 1 aromatic heterocycles. The molecule has 0 spiro atoms. The predicted octanol–water partition coefficient (Wildman–Crippen LogP) is 3.19. The molecular weight excluding hydrogens is 356 g/mol. The van der Waals surface area contributed by atoms with Gasteiger partial charge in [-0.15, -0.1) is 0 Å². The second kappa shape index (κ2) is 7.60. The van der Waals surface area contributed by atoms with Crippen molar-refractivity contribution >= 4 is 28.3 Å². The van der Waals surface area contributed by atoms with Crippen molar-refractivity contribution in [1.29, 1.82) is 5.26 Å². The smallest absolute Gasteiger partial charge is 0.354 e. The molecule has 0 aliphatic rings. The van der Waals surface area contributed by atoms with Gasteiger partial charge in [-0.2, -0.15) is 5.26 Å². The van der Waals surface area contributed by atoms with E-state index in [4.69, 9.17) is 16.1 Å². The van der Waals surface area contributed by atoms with Crippen LogP contribution in [0.2, 0.25) is 0 Å². The van der Waals surface area contributed by atoms with Crippen molar-refractivity contribution in [3.8, 4) is 17.3 Å². The number of rotatable bonds is 6. The Morgan fingerprint density at radius 3 is 2.64 bits per heavy atom. The van der Waals surface area contributed by atoms with Crippen molar-refractivity contribution in [1.82, 2.24) is 4.98 Å². The molecule has 0 fully saturated rings. The maximum atomic E-state index is 11.9. The van der Waals surface area contributed by atoms with Crippen molar-refractivity contribution in [3.63, 3.8) is 0 Å². The van der Waals surface area contributed by atoms with Crippen molar-refractivity contribution in [2.24, 2.45) is 5.73 Å². The number of fused-ring (bicyclic) bond motifs is 1. The third-order valence-corrected chi connectivity index (χ3v) is 4.19. The lowest BCUT2D eigenvalue weighted by Crippen LogP contribution is -2.15. The molecule has 2 aromatic carbocycles. The molecule has 4 N–H and O–H groups in total. The van der Waals surface area contributed by atoms with Gasteiger partial charge in [0, 0.05) is 23.1 Å². The molecule has 7 nitrogen and oxygen atoms in total. The highest BCUT2D eigenvalue weighted by molar-refractivity contribution is 6.08. The number of pyridine rings is 1. The highest BCUT2D eigenvalue weighted by Gasteiger charge is 2.14. The number of amides is 1. The van der Waals surface area contributed by atoms with Crippen LogP contribution in [0.3, 0.4) is 0 Å². The second-order valence-corrected chi connectivity index (χ2v) is 6.07. The summed E-state index contributed by atoms with van der Waals surface area (Å²) < 4.78 is 0. The zero-order chi connectivity index (χ0) is 20.3. The number of hydrogen-bond acceptors (Lipinski definition) is 5. The number of primary amides is 1. The summed E-state index contributed by atoms with van der Waals surface area (Å²) in [5.41, 5.74) is 7.67. The van der Waals surface area contributed by atoms with Crippen LogP contribution in [-0.4, -0.2) is 28.5 Å². The Hall–Kier alpha value is -4.18. The van der Waals surface area contributed by atoms with Crippen molar-refractivity contribution in [3.05, 3.63) is 71.9 Å². The summed E-state index contributed by atoms with van der Waals surface area (Å²) in [7, 11) is 0. The van der Waals surface area contributed by atoms with E-state index in [1.807, 2.05) is 18.2 Å². The van der Waals surface area contributed by atoms with E-state index in [2.05, 4.69) is 16.9 Å². The molecule has 0 saturated carbocycles. The van der Waals surface area contributed by atoms with Gasteiger partial charge in [0.1, 0.15) is 5.69 Å². The summed E-state index contributed by atoms with van der Waals surface area (Å²) in [5.74, 6) is -1.72. The van der Waals surface area contributed by atoms with Crippen LogP contribution >= 0.6 is 0 Å². The van der Waals surface area contributed by atoms with E-state index in [0.717, 1.165) is 5.39 Å². The molecule has 138 valence electrons. The normalized spacial score (nSPS) is 10.2. The summed E-state index contributed by atoms with van der Waals surface area (Å²) in [6.07, 6.45) is 0. The number of nitrogens with two attached hydrogens (primary N) is 1. The molecule has 28 heavy (non-hydrogen) atoms. The van der Waals surface area contributed by atoms with Crippen LogP contribution in [0.15, 0.2) is 60.7 Å². The minimum atomic E-state index is -1.11. The number of carboxylic acids is 1. The Balaban J connectivity index is 2.17. The van der Waals surface area contributed by atoms with Gasteiger partial charge in [-0.25, -0.2) is 9.78 Å². The first-order valence-electron chi connectivity index (χ1n) is 8.29. The molecule has 0 aliphatic carbocycles. The molecule has 0 unspecified atom stereocenters. The topological polar surface area (TPSA) is 129 Å². The Morgan fingerprint density at radius 1 is 1.21 bits per heavy atom. The van der Waals surface area contributed by atoms with E-state index >= 15 is 0 Å². The number of nitrogens with one attached hydrogen (secondary N) is 1. The highest BCUT2D eigenvalue weighted by atomic mass is 16.4. The first-order valence-corrected chi connectivity index (χ1v) is 8.29. The van der Waals surface area contributed by atoms with Gasteiger partial charge in [0.05, 0.1) is 23.0 Å². The molecule has 1 amide bonds. The Bertz CT molecular complexity index is 1160. The molecule has 1 heterocycles. The number of carbonyl (C=O) groups is 2. The SMILES string of the molecule is C=C(C#N)CNc1c(C(N)=O)ccc2ccc(-c3cccc(C(=O)O)n3)cc12. The summed E-state index contributed by atoms with van der Waals surface area (Å²) in [6.45, 7) is 3.79. The maximum absolute atomic E-state index is 11.9. The number of nitriles is 1. The van der Waals surface area contributed by atoms with Crippen LogP contribution in [-0.2, 0) is 0 Å².